The molecule has 16 heavy (non-hydrogen) atoms. The van der Waals surface area contributed by atoms with Gasteiger partial charge in [0, 0.05) is 0 Å². The van der Waals surface area contributed by atoms with Crippen molar-refractivity contribution in [3.05, 3.63) is 42.2 Å². The molecule has 0 aliphatic rings. The van der Waals surface area contributed by atoms with Crippen molar-refractivity contribution < 1.29 is 0 Å². The molecule has 0 saturated heterocycles. The first kappa shape index (κ1) is 20.4. The maximum absolute atomic E-state index is 3.89. The molecule has 0 nitrogen and oxygen atoms in total. The Morgan fingerprint density at radius 2 is 1.56 bits per heavy atom. The van der Waals surface area contributed by atoms with Gasteiger partial charge in [-0.3, -0.25) is 0 Å². The Morgan fingerprint density at radius 3 is 1.75 bits per heavy atom. The highest BCUT2D eigenvalue weighted by Gasteiger charge is 1.91. The van der Waals surface area contributed by atoms with Crippen LogP contribution < -0.4 is 0 Å². The zero-order valence-corrected chi connectivity index (χ0v) is 12.2. The standard InChI is InChI=1S/C9H16.C5H8.C2H6/c1-5-6-7-9(4)8(2)3;1-3-5-4-2;1-2/h2,4-7H2,1,3H3;3-4H,1-2H3;1-2H3. The third kappa shape index (κ3) is 23.1. The molecule has 0 rings (SSSR count). The van der Waals surface area contributed by atoms with Crippen molar-refractivity contribution in [1.82, 2.24) is 0 Å². The third-order valence-electron chi connectivity index (χ3n) is 1.77. The fourth-order valence-electron chi connectivity index (χ4n) is 0.770. The van der Waals surface area contributed by atoms with Crippen LogP contribution in [0.15, 0.2) is 42.2 Å². The van der Waals surface area contributed by atoms with Gasteiger partial charge in [0.05, 0.1) is 0 Å². The molecule has 0 aromatic carbocycles. The maximum Gasteiger partial charge on any atom is -0.0282 e. The van der Waals surface area contributed by atoms with Crippen molar-refractivity contribution in [2.45, 2.75) is 60.8 Å². The van der Waals surface area contributed by atoms with Crippen LogP contribution in [0.5, 0.6) is 0 Å². The predicted molar refractivity (Wildman–Crippen MR) is 78.8 cm³/mol. The van der Waals surface area contributed by atoms with Gasteiger partial charge in [0.1, 0.15) is 0 Å². The van der Waals surface area contributed by atoms with E-state index in [1.807, 2.05) is 46.8 Å². The first-order valence-corrected chi connectivity index (χ1v) is 6.25. The average Bonchev–Trinajstić information content (AvgIpc) is 2.30. The maximum atomic E-state index is 3.89. The molecule has 0 spiro atoms. The summed E-state index contributed by atoms with van der Waals surface area (Å²) in [4.78, 5) is 0. The lowest BCUT2D eigenvalue weighted by molar-refractivity contribution is 0.793. The molecule has 0 aromatic heterocycles. The SMILES string of the molecule is C=C(C)C(=C)CCCC.CC.CC=C=CC. The fourth-order valence-corrected chi connectivity index (χ4v) is 0.770. The lowest BCUT2D eigenvalue weighted by Gasteiger charge is -2.01. The summed E-state index contributed by atoms with van der Waals surface area (Å²) in [5.41, 5.74) is 5.19. The summed E-state index contributed by atoms with van der Waals surface area (Å²) in [6.07, 6.45) is 7.35. The average molecular weight is 222 g/mol. The van der Waals surface area contributed by atoms with Crippen molar-refractivity contribution >= 4 is 0 Å². The van der Waals surface area contributed by atoms with Crippen molar-refractivity contribution in [3.63, 3.8) is 0 Å². The summed E-state index contributed by atoms with van der Waals surface area (Å²) in [5, 5.41) is 0. The van der Waals surface area contributed by atoms with Crippen molar-refractivity contribution in [3.8, 4) is 0 Å². The molecule has 0 heterocycles. The van der Waals surface area contributed by atoms with E-state index in [0.29, 0.717) is 0 Å². The second-order valence-electron chi connectivity index (χ2n) is 3.23. The summed E-state index contributed by atoms with van der Waals surface area (Å²) in [6.45, 7) is 19.8. The molecular formula is C16H30. The van der Waals surface area contributed by atoms with Crippen molar-refractivity contribution in [2.75, 3.05) is 0 Å². The lowest BCUT2D eigenvalue weighted by Crippen LogP contribution is -1.80. The van der Waals surface area contributed by atoms with Crippen LogP contribution in [0, 0.1) is 0 Å². The van der Waals surface area contributed by atoms with Crippen molar-refractivity contribution in [1.29, 1.82) is 0 Å². The second-order valence-corrected chi connectivity index (χ2v) is 3.23. The quantitative estimate of drug-likeness (QED) is 0.400. The Kier molecular flexibility index (Phi) is 25.0. The molecule has 0 aromatic rings. The van der Waals surface area contributed by atoms with E-state index < -0.39 is 0 Å². The van der Waals surface area contributed by atoms with Crippen LogP contribution in [0.1, 0.15) is 60.8 Å². The topological polar surface area (TPSA) is 0 Å². The first-order valence-electron chi connectivity index (χ1n) is 6.25. The van der Waals surface area contributed by atoms with E-state index in [2.05, 4.69) is 25.8 Å². The van der Waals surface area contributed by atoms with E-state index >= 15 is 0 Å². The smallest absolute Gasteiger partial charge is 0.0282 e. The molecule has 0 amide bonds. The highest BCUT2D eigenvalue weighted by atomic mass is 14.0. The van der Waals surface area contributed by atoms with E-state index in [1.165, 1.54) is 18.4 Å². The monoisotopic (exact) mass is 222 g/mol. The van der Waals surface area contributed by atoms with E-state index in [-0.39, 0.29) is 0 Å². The van der Waals surface area contributed by atoms with Gasteiger partial charge >= 0.3 is 0 Å². The van der Waals surface area contributed by atoms with Gasteiger partial charge < -0.3 is 0 Å². The molecule has 0 aliphatic carbocycles. The molecule has 0 heteroatoms. The highest BCUT2D eigenvalue weighted by Crippen LogP contribution is 2.11. The van der Waals surface area contributed by atoms with E-state index in [4.69, 9.17) is 0 Å². The molecule has 0 radical (unpaired) electrons. The Bertz CT molecular complexity index is 206. The van der Waals surface area contributed by atoms with Crippen LogP contribution in [0.3, 0.4) is 0 Å². The molecule has 0 unspecified atom stereocenters. The minimum atomic E-state index is 1.12. The molecular weight excluding hydrogens is 192 g/mol. The number of allylic oxidation sites excluding steroid dienone is 3. The van der Waals surface area contributed by atoms with Gasteiger partial charge in [-0.05, 0) is 45.8 Å². The van der Waals surface area contributed by atoms with E-state index in [1.54, 1.807) is 0 Å². The van der Waals surface area contributed by atoms with Gasteiger partial charge in [-0.15, -0.1) is 5.73 Å². The van der Waals surface area contributed by atoms with Crippen LogP contribution in [0.2, 0.25) is 0 Å². The van der Waals surface area contributed by atoms with Crippen LogP contribution in [-0.4, -0.2) is 0 Å². The molecule has 0 N–H and O–H groups in total. The van der Waals surface area contributed by atoms with E-state index in [9.17, 15) is 0 Å². The van der Waals surface area contributed by atoms with Gasteiger partial charge in [-0.2, -0.15) is 0 Å². The Labute approximate surface area is 103 Å². The van der Waals surface area contributed by atoms with Gasteiger partial charge in [-0.25, -0.2) is 0 Å². The molecule has 0 saturated carbocycles. The first-order chi connectivity index (χ1) is 7.59. The Morgan fingerprint density at radius 1 is 1.12 bits per heavy atom. The van der Waals surface area contributed by atoms with Gasteiger partial charge in [-0.1, -0.05) is 51.5 Å². The minimum Gasteiger partial charge on any atom is -0.130 e. The Balaban J connectivity index is -0.000000205. The summed E-state index contributed by atoms with van der Waals surface area (Å²) in [6, 6.07) is 0. The molecule has 0 fully saturated rings. The number of rotatable bonds is 4. The van der Waals surface area contributed by atoms with Crippen LogP contribution in [0.4, 0.5) is 0 Å². The van der Waals surface area contributed by atoms with Gasteiger partial charge in [0.25, 0.3) is 0 Å². The fraction of sp³-hybridized carbons (Fsp3) is 0.562. The summed E-state index contributed by atoms with van der Waals surface area (Å²) >= 11 is 0. The Hall–Kier alpha value is -1.00. The summed E-state index contributed by atoms with van der Waals surface area (Å²) < 4.78 is 0. The van der Waals surface area contributed by atoms with Crippen LogP contribution in [-0.2, 0) is 0 Å². The zero-order chi connectivity index (χ0) is 13.4. The van der Waals surface area contributed by atoms with Crippen LogP contribution in [0.25, 0.3) is 0 Å². The normalized spacial score (nSPS) is 7.12. The minimum absolute atomic E-state index is 1.12. The van der Waals surface area contributed by atoms with Crippen LogP contribution >= 0.6 is 0 Å². The number of hydrogen-bond donors (Lipinski definition) is 0. The number of unbranched alkanes of at least 4 members (excludes halogenated alkanes) is 1. The predicted octanol–water partition coefficient (Wildman–Crippen LogP) is 6.07. The zero-order valence-electron chi connectivity index (χ0n) is 12.2. The molecule has 0 atom stereocenters. The number of hydrogen-bond acceptors (Lipinski definition) is 0. The largest absolute Gasteiger partial charge is 0.130 e. The summed E-state index contributed by atoms with van der Waals surface area (Å²) in [7, 11) is 0. The second kappa shape index (κ2) is 19.6. The highest BCUT2D eigenvalue weighted by molar-refractivity contribution is 5.22. The molecule has 94 valence electrons. The summed E-state index contributed by atoms with van der Waals surface area (Å²) in [5.74, 6) is 0. The van der Waals surface area contributed by atoms with Gasteiger partial charge in [0.2, 0.25) is 0 Å². The molecule has 0 bridgehead atoms. The lowest BCUT2D eigenvalue weighted by atomic mass is 10.1. The van der Waals surface area contributed by atoms with E-state index in [0.717, 1.165) is 12.0 Å². The van der Waals surface area contributed by atoms with Crippen molar-refractivity contribution in [2.24, 2.45) is 0 Å². The third-order valence-corrected chi connectivity index (χ3v) is 1.77. The van der Waals surface area contributed by atoms with Gasteiger partial charge in [0.15, 0.2) is 0 Å². The molecule has 0 aliphatic heterocycles.